The number of hydrogen-bond acceptors (Lipinski definition) is 4. The molecule has 4 aromatic rings. The van der Waals surface area contributed by atoms with Gasteiger partial charge in [-0.3, -0.25) is 4.79 Å². The molecule has 0 aromatic heterocycles. The Bertz CT molecular complexity index is 1410. The molecule has 0 heterocycles. The smallest absolute Gasteiger partial charge is 0.268 e. The number of hydrogen-bond donors (Lipinski definition) is 1. The third-order valence-electron chi connectivity index (χ3n) is 4.99. The summed E-state index contributed by atoms with van der Waals surface area (Å²) in [5.74, 6) is -0.550. The number of rotatable bonds is 7. The van der Waals surface area contributed by atoms with Gasteiger partial charge in [-0.05, 0) is 53.6 Å². The van der Waals surface area contributed by atoms with Crippen LogP contribution in [0, 0.1) is 0 Å². The van der Waals surface area contributed by atoms with E-state index in [-0.39, 0.29) is 22.8 Å². The molecule has 0 aliphatic heterocycles. The minimum Gasteiger partial charge on any atom is -0.487 e. The zero-order valence-electron chi connectivity index (χ0n) is 17.7. The van der Waals surface area contributed by atoms with Gasteiger partial charge in [0.05, 0.1) is 10.5 Å². The molecule has 0 atom stereocenters. The van der Waals surface area contributed by atoms with Gasteiger partial charge in [-0.2, -0.15) is 0 Å². The van der Waals surface area contributed by atoms with E-state index in [1.165, 1.54) is 30.3 Å². The van der Waals surface area contributed by atoms with E-state index >= 15 is 0 Å². The Labute approximate surface area is 208 Å². The molecular weight excluding hydrogens is 493 g/mol. The molecule has 0 saturated carbocycles. The number of halogens is 2. The molecule has 0 aliphatic rings. The molecule has 0 aliphatic carbocycles. The Hall–Kier alpha value is -3.32. The van der Waals surface area contributed by atoms with Crippen molar-refractivity contribution >= 4 is 39.1 Å². The molecule has 0 unspecified atom stereocenters. The van der Waals surface area contributed by atoms with E-state index in [1.54, 1.807) is 36.4 Å². The van der Waals surface area contributed by atoms with Crippen LogP contribution >= 0.6 is 23.2 Å². The fraction of sp³-hybridized carbons (Fsp3) is 0.0385. The minimum atomic E-state index is -4.12. The molecule has 0 saturated heterocycles. The van der Waals surface area contributed by atoms with Crippen molar-refractivity contribution in [3.05, 3.63) is 118 Å². The molecule has 0 bridgehead atoms. The number of ether oxygens (including phenoxy) is 1. The number of para-hydroxylation sites is 1. The number of carbonyl (C=O) groups excluding carboxylic acids is 1. The standard InChI is InChI=1S/C26H19Cl2NO4S/c27-20-11-9-19(10-12-20)23-7-4-8-24(25(23)33-17-18-5-2-1-3-6-18)26(30)29-34(31,32)22-15-13-21(28)14-16-22/h1-16H,17H2,(H,29,30). The first-order valence-corrected chi connectivity index (χ1v) is 12.5. The Balaban J connectivity index is 1.71. The lowest BCUT2D eigenvalue weighted by Gasteiger charge is -2.16. The summed E-state index contributed by atoms with van der Waals surface area (Å²) < 4.78 is 33.8. The number of sulfonamides is 1. The first kappa shape index (κ1) is 23.8. The number of carbonyl (C=O) groups is 1. The molecule has 172 valence electrons. The van der Waals surface area contributed by atoms with Crippen LogP contribution in [0.15, 0.2) is 102 Å². The highest BCUT2D eigenvalue weighted by atomic mass is 35.5. The van der Waals surface area contributed by atoms with Crippen LogP contribution in [0.4, 0.5) is 0 Å². The average Bonchev–Trinajstić information content (AvgIpc) is 2.83. The summed E-state index contributed by atoms with van der Waals surface area (Å²) in [4.78, 5) is 13.1. The van der Waals surface area contributed by atoms with Gasteiger partial charge in [0.25, 0.3) is 15.9 Å². The van der Waals surface area contributed by atoms with E-state index in [2.05, 4.69) is 4.72 Å². The average molecular weight is 512 g/mol. The lowest BCUT2D eigenvalue weighted by atomic mass is 10.0. The van der Waals surface area contributed by atoms with Gasteiger partial charge < -0.3 is 4.74 Å². The van der Waals surface area contributed by atoms with Crippen LogP contribution in [-0.4, -0.2) is 14.3 Å². The quantitative estimate of drug-likeness (QED) is 0.313. The summed E-state index contributed by atoms with van der Waals surface area (Å²) in [5, 5.41) is 0.955. The van der Waals surface area contributed by atoms with Gasteiger partial charge in [0.15, 0.2) is 0 Å². The summed E-state index contributed by atoms with van der Waals surface area (Å²) in [6.07, 6.45) is 0. The second kappa shape index (κ2) is 10.3. The zero-order valence-corrected chi connectivity index (χ0v) is 20.1. The van der Waals surface area contributed by atoms with Crippen molar-refractivity contribution in [1.82, 2.24) is 4.72 Å². The second-order valence-corrected chi connectivity index (χ2v) is 9.91. The first-order valence-electron chi connectivity index (χ1n) is 10.2. The third-order valence-corrected chi connectivity index (χ3v) is 6.84. The van der Waals surface area contributed by atoms with E-state index in [1.807, 2.05) is 30.3 Å². The Morgan fingerprint density at radius 1 is 0.765 bits per heavy atom. The van der Waals surface area contributed by atoms with Gasteiger partial charge >= 0.3 is 0 Å². The molecule has 0 spiro atoms. The number of benzene rings is 4. The second-order valence-electron chi connectivity index (χ2n) is 7.35. The van der Waals surface area contributed by atoms with Gasteiger partial charge in [-0.1, -0.05) is 77.8 Å². The van der Waals surface area contributed by atoms with Crippen molar-refractivity contribution in [3.63, 3.8) is 0 Å². The summed E-state index contributed by atoms with van der Waals surface area (Å²) in [6.45, 7) is 0.190. The predicted molar refractivity (Wildman–Crippen MR) is 134 cm³/mol. The Morgan fingerprint density at radius 3 is 2.03 bits per heavy atom. The van der Waals surface area contributed by atoms with Crippen LogP contribution in [-0.2, 0) is 16.6 Å². The van der Waals surface area contributed by atoms with E-state index in [0.29, 0.717) is 15.6 Å². The monoisotopic (exact) mass is 511 g/mol. The van der Waals surface area contributed by atoms with Gasteiger partial charge in [0, 0.05) is 15.6 Å². The SMILES string of the molecule is O=C(NS(=O)(=O)c1ccc(Cl)cc1)c1cccc(-c2ccc(Cl)cc2)c1OCc1ccccc1. The topological polar surface area (TPSA) is 72.5 Å². The van der Waals surface area contributed by atoms with Gasteiger partial charge in [-0.25, -0.2) is 13.1 Å². The summed E-state index contributed by atoms with van der Waals surface area (Å²) in [5.41, 5.74) is 2.38. The maximum Gasteiger partial charge on any atom is 0.268 e. The van der Waals surface area contributed by atoms with E-state index < -0.39 is 15.9 Å². The van der Waals surface area contributed by atoms with Crippen molar-refractivity contribution < 1.29 is 17.9 Å². The van der Waals surface area contributed by atoms with E-state index in [0.717, 1.165) is 11.1 Å². The van der Waals surface area contributed by atoms with Crippen LogP contribution in [0.5, 0.6) is 5.75 Å². The van der Waals surface area contributed by atoms with E-state index in [4.69, 9.17) is 27.9 Å². The molecule has 4 rings (SSSR count). The fourth-order valence-electron chi connectivity index (χ4n) is 3.31. The van der Waals surface area contributed by atoms with Crippen LogP contribution < -0.4 is 9.46 Å². The van der Waals surface area contributed by atoms with Crippen molar-refractivity contribution in [1.29, 1.82) is 0 Å². The number of amides is 1. The molecule has 5 nitrogen and oxygen atoms in total. The van der Waals surface area contributed by atoms with Gasteiger partial charge in [-0.15, -0.1) is 0 Å². The van der Waals surface area contributed by atoms with E-state index in [9.17, 15) is 13.2 Å². The minimum absolute atomic E-state index is 0.0779. The normalized spacial score (nSPS) is 11.1. The molecular formula is C26H19Cl2NO4S. The van der Waals surface area contributed by atoms with Crippen LogP contribution in [0.2, 0.25) is 10.0 Å². The number of nitrogens with one attached hydrogen (secondary N) is 1. The van der Waals surface area contributed by atoms with Gasteiger partial charge in [0.1, 0.15) is 12.4 Å². The molecule has 8 heteroatoms. The maximum atomic E-state index is 13.2. The van der Waals surface area contributed by atoms with Crippen molar-refractivity contribution in [3.8, 4) is 16.9 Å². The predicted octanol–water partition coefficient (Wildman–Crippen LogP) is 6.36. The highest BCUT2D eigenvalue weighted by Crippen LogP contribution is 2.35. The largest absolute Gasteiger partial charge is 0.487 e. The molecule has 4 aromatic carbocycles. The lowest BCUT2D eigenvalue weighted by molar-refractivity contribution is 0.0977. The van der Waals surface area contributed by atoms with Crippen LogP contribution in [0.3, 0.4) is 0 Å². The Kier molecular flexibility index (Phi) is 7.22. The molecule has 34 heavy (non-hydrogen) atoms. The molecule has 1 amide bonds. The van der Waals surface area contributed by atoms with Crippen molar-refractivity contribution in [2.75, 3.05) is 0 Å². The van der Waals surface area contributed by atoms with Gasteiger partial charge in [0.2, 0.25) is 0 Å². The third kappa shape index (κ3) is 5.59. The van der Waals surface area contributed by atoms with Crippen LogP contribution in [0.25, 0.3) is 11.1 Å². The summed E-state index contributed by atoms with van der Waals surface area (Å²) in [6, 6.07) is 27.1. The molecule has 0 fully saturated rings. The highest BCUT2D eigenvalue weighted by molar-refractivity contribution is 7.90. The summed E-state index contributed by atoms with van der Waals surface area (Å²) >= 11 is 11.9. The molecule has 0 radical (unpaired) electrons. The van der Waals surface area contributed by atoms with Crippen molar-refractivity contribution in [2.45, 2.75) is 11.5 Å². The highest BCUT2D eigenvalue weighted by Gasteiger charge is 2.23. The lowest BCUT2D eigenvalue weighted by Crippen LogP contribution is -2.31. The molecule has 1 N–H and O–H groups in total. The fourth-order valence-corrected chi connectivity index (χ4v) is 4.53. The Morgan fingerprint density at radius 2 is 1.38 bits per heavy atom. The summed E-state index contributed by atoms with van der Waals surface area (Å²) in [7, 11) is -4.12. The maximum absolute atomic E-state index is 13.2. The zero-order chi connectivity index (χ0) is 24.1. The van der Waals surface area contributed by atoms with Crippen LogP contribution in [0.1, 0.15) is 15.9 Å². The first-order chi connectivity index (χ1) is 16.3. The van der Waals surface area contributed by atoms with Crippen molar-refractivity contribution in [2.24, 2.45) is 0 Å².